The molecule has 2 rings (SSSR count). The van der Waals surface area contributed by atoms with Gasteiger partial charge in [0.05, 0.1) is 6.61 Å². The molecule has 0 amide bonds. The molecule has 0 fully saturated rings. The van der Waals surface area contributed by atoms with Gasteiger partial charge in [-0.3, -0.25) is 0 Å². The molecule has 0 aromatic carbocycles. The standard InChI is InChI=1S/C11H12O/c1-2-11-7-5-3-4-6-10(8-11)9-12-11/h2-5,7-8H,1,6,9H2. The summed E-state index contributed by atoms with van der Waals surface area (Å²) < 4.78 is 5.64. The van der Waals surface area contributed by atoms with Crippen LogP contribution in [0.5, 0.6) is 0 Å². The number of hydrogen-bond acceptors (Lipinski definition) is 1. The van der Waals surface area contributed by atoms with Crippen LogP contribution in [0.1, 0.15) is 6.42 Å². The highest BCUT2D eigenvalue weighted by molar-refractivity contribution is 5.35. The summed E-state index contributed by atoms with van der Waals surface area (Å²) in [5.74, 6) is 0. The van der Waals surface area contributed by atoms with Gasteiger partial charge in [0.15, 0.2) is 0 Å². The molecule has 2 aliphatic rings. The fraction of sp³-hybridized carbons (Fsp3) is 0.273. The first-order valence-corrected chi connectivity index (χ1v) is 4.17. The highest BCUT2D eigenvalue weighted by Crippen LogP contribution is 2.29. The number of allylic oxidation sites excluding steroid dienone is 3. The molecule has 0 aromatic heterocycles. The van der Waals surface area contributed by atoms with Crippen molar-refractivity contribution in [3.63, 3.8) is 0 Å². The molecular weight excluding hydrogens is 148 g/mol. The van der Waals surface area contributed by atoms with Crippen LogP contribution in [-0.2, 0) is 4.74 Å². The Hall–Kier alpha value is -1.08. The summed E-state index contributed by atoms with van der Waals surface area (Å²) >= 11 is 0. The van der Waals surface area contributed by atoms with Crippen molar-refractivity contribution >= 4 is 0 Å². The first-order chi connectivity index (χ1) is 5.85. The van der Waals surface area contributed by atoms with E-state index in [9.17, 15) is 0 Å². The van der Waals surface area contributed by atoms with Gasteiger partial charge >= 0.3 is 0 Å². The quantitative estimate of drug-likeness (QED) is 0.535. The molecule has 1 heteroatoms. The van der Waals surface area contributed by atoms with Crippen LogP contribution >= 0.6 is 0 Å². The average molecular weight is 160 g/mol. The lowest BCUT2D eigenvalue weighted by Crippen LogP contribution is -2.19. The van der Waals surface area contributed by atoms with Gasteiger partial charge in [-0.2, -0.15) is 0 Å². The van der Waals surface area contributed by atoms with Crippen LogP contribution in [-0.4, -0.2) is 12.2 Å². The highest BCUT2D eigenvalue weighted by atomic mass is 16.5. The van der Waals surface area contributed by atoms with Gasteiger partial charge in [-0.1, -0.05) is 30.9 Å². The maximum absolute atomic E-state index is 5.64. The number of hydrogen-bond donors (Lipinski definition) is 0. The monoisotopic (exact) mass is 160 g/mol. The molecule has 0 spiro atoms. The molecule has 1 heterocycles. The van der Waals surface area contributed by atoms with Gasteiger partial charge in [0.2, 0.25) is 0 Å². The third kappa shape index (κ3) is 1.16. The van der Waals surface area contributed by atoms with E-state index in [2.05, 4.69) is 24.8 Å². The Morgan fingerprint density at radius 1 is 1.50 bits per heavy atom. The number of fused-ring (bicyclic) bond motifs is 1. The van der Waals surface area contributed by atoms with E-state index >= 15 is 0 Å². The van der Waals surface area contributed by atoms with E-state index < -0.39 is 0 Å². The lowest BCUT2D eigenvalue weighted by molar-refractivity contribution is 0.101. The maximum Gasteiger partial charge on any atom is 0.123 e. The van der Waals surface area contributed by atoms with Crippen molar-refractivity contribution in [2.75, 3.05) is 6.61 Å². The summed E-state index contributed by atoms with van der Waals surface area (Å²) in [5, 5.41) is 0. The van der Waals surface area contributed by atoms with Crippen molar-refractivity contribution in [2.45, 2.75) is 12.0 Å². The van der Waals surface area contributed by atoms with Gasteiger partial charge in [0, 0.05) is 0 Å². The van der Waals surface area contributed by atoms with E-state index in [1.54, 1.807) is 0 Å². The van der Waals surface area contributed by atoms with Gasteiger partial charge < -0.3 is 4.74 Å². The highest BCUT2D eigenvalue weighted by Gasteiger charge is 2.27. The zero-order valence-electron chi connectivity index (χ0n) is 6.99. The van der Waals surface area contributed by atoms with Crippen LogP contribution in [0, 0.1) is 0 Å². The van der Waals surface area contributed by atoms with Crippen LogP contribution in [0.15, 0.2) is 48.6 Å². The summed E-state index contributed by atoms with van der Waals surface area (Å²) in [6, 6.07) is 0. The summed E-state index contributed by atoms with van der Waals surface area (Å²) in [4.78, 5) is 0. The molecule has 1 aliphatic carbocycles. The first kappa shape index (κ1) is 7.56. The van der Waals surface area contributed by atoms with Crippen LogP contribution in [0.4, 0.5) is 0 Å². The van der Waals surface area contributed by atoms with Crippen molar-refractivity contribution in [1.29, 1.82) is 0 Å². The minimum absolute atomic E-state index is 0.319. The van der Waals surface area contributed by atoms with Gasteiger partial charge in [0.1, 0.15) is 5.60 Å². The Kier molecular flexibility index (Phi) is 1.74. The molecular formula is C11H12O. The Morgan fingerprint density at radius 2 is 2.42 bits per heavy atom. The second-order valence-electron chi connectivity index (χ2n) is 3.14. The van der Waals surface area contributed by atoms with Gasteiger partial charge in [0.25, 0.3) is 0 Å². The van der Waals surface area contributed by atoms with Crippen molar-refractivity contribution in [3.05, 3.63) is 48.6 Å². The fourth-order valence-corrected chi connectivity index (χ4v) is 1.52. The van der Waals surface area contributed by atoms with Crippen molar-refractivity contribution in [2.24, 2.45) is 0 Å². The van der Waals surface area contributed by atoms with E-state index in [1.807, 2.05) is 18.2 Å². The van der Waals surface area contributed by atoms with Crippen LogP contribution in [0.3, 0.4) is 0 Å². The van der Waals surface area contributed by atoms with Crippen LogP contribution in [0.25, 0.3) is 0 Å². The van der Waals surface area contributed by atoms with Crippen molar-refractivity contribution in [3.8, 4) is 0 Å². The molecule has 1 aliphatic heterocycles. The molecule has 0 saturated heterocycles. The van der Waals surface area contributed by atoms with Crippen LogP contribution in [0.2, 0.25) is 0 Å². The van der Waals surface area contributed by atoms with E-state index in [0.29, 0.717) is 0 Å². The van der Waals surface area contributed by atoms with Crippen molar-refractivity contribution < 1.29 is 4.74 Å². The molecule has 2 bridgehead atoms. The second kappa shape index (κ2) is 2.76. The Morgan fingerprint density at radius 3 is 3.25 bits per heavy atom. The lowest BCUT2D eigenvalue weighted by Gasteiger charge is -2.17. The smallest absolute Gasteiger partial charge is 0.123 e. The summed E-state index contributed by atoms with van der Waals surface area (Å²) in [5.41, 5.74) is 1.02. The lowest BCUT2D eigenvalue weighted by atomic mass is 10.00. The molecule has 1 nitrogen and oxygen atoms in total. The number of rotatable bonds is 1. The van der Waals surface area contributed by atoms with Gasteiger partial charge in [-0.25, -0.2) is 0 Å². The van der Waals surface area contributed by atoms with Gasteiger partial charge in [-0.15, -0.1) is 0 Å². The minimum atomic E-state index is -0.319. The second-order valence-corrected chi connectivity index (χ2v) is 3.14. The zero-order valence-corrected chi connectivity index (χ0v) is 6.99. The predicted octanol–water partition coefficient (Wildman–Crippen LogP) is 2.38. The molecule has 0 aromatic rings. The summed E-state index contributed by atoms with van der Waals surface area (Å²) in [6.07, 6.45) is 13.2. The summed E-state index contributed by atoms with van der Waals surface area (Å²) in [7, 11) is 0. The van der Waals surface area contributed by atoms with Crippen LogP contribution < -0.4 is 0 Å². The number of ether oxygens (including phenoxy) is 1. The average Bonchev–Trinajstić information content (AvgIpc) is 2.47. The van der Waals surface area contributed by atoms with Gasteiger partial charge in [-0.05, 0) is 24.1 Å². The van der Waals surface area contributed by atoms with E-state index in [-0.39, 0.29) is 5.60 Å². The van der Waals surface area contributed by atoms with E-state index in [4.69, 9.17) is 4.74 Å². The molecule has 0 N–H and O–H groups in total. The normalized spacial score (nSPS) is 32.5. The predicted molar refractivity (Wildman–Crippen MR) is 49.9 cm³/mol. The minimum Gasteiger partial charge on any atom is -0.358 e. The first-order valence-electron chi connectivity index (χ1n) is 4.17. The maximum atomic E-state index is 5.64. The largest absolute Gasteiger partial charge is 0.358 e. The van der Waals surface area contributed by atoms with E-state index in [0.717, 1.165) is 13.0 Å². The fourth-order valence-electron chi connectivity index (χ4n) is 1.52. The SMILES string of the molecule is C=CC12C=CC=CCC(=C1)CO2. The molecule has 12 heavy (non-hydrogen) atoms. The zero-order chi connectivity index (χ0) is 8.44. The Balaban J connectivity index is 2.39. The molecule has 0 saturated carbocycles. The molecule has 1 atom stereocenters. The molecule has 1 unspecified atom stereocenters. The molecule has 0 radical (unpaired) electrons. The third-order valence-electron chi connectivity index (χ3n) is 2.24. The third-order valence-corrected chi connectivity index (χ3v) is 2.24. The summed E-state index contributed by atoms with van der Waals surface area (Å²) in [6.45, 7) is 4.52. The Bertz CT molecular complexity index is 283. The van der Waals surface area contributed by atoms with E-state index in [1.165, 1.54) is 5.57 Å². The topological polar surface area (TPSA) is 9.23 Å². The molecule has 62 valence electrons. The van der Waals surface area contributed by atoms with Crippen molar-refractivity contribution in [1.82, 2.24) is 0 Å². The Labute approximate surface area is 72.7 Å².